The molecular weight excluding hydrogens is 760 g/mol. The van der Waals surface area contributed by atoms with Crippen LogP contribution in [0.1, 0.15) is 99.3 Å². The van der Waals surface area contributed by atoms with Gasteiger partial charge in [-0.1, -0.05) is 46.3 Å². The van der Waals surface area contributed by atoms with Crippen molar-refractivity contribution < 1.29 is 79.3 Å². The van der Waals surface area contributed by atoms with E-state index >= 15 is 0 Å². The third-order valence-electron chi connectivity index (χ3n) is 17.5. The van der Waals surface area contributed by atoms with Crippen LogP contribution in [-0.2, 0) is 33.3 Å². The topological polar surface area (TPSA) is 270 Å². The fraction of sp³-hybridized carbons (Fsp3) is 0.881. The van der Waals surface area contributed by atoms with E-state index in [0.29, 0.717) is 32.1 Å². The summed E-state index contributed by atoms with van der Waals surface area (Å²) in [6.07, 6.45) is -11.1. The van der Waals surface area contributed by atoms with Crippen molar-refractivity contribution in [1.29, 1.82) is 0 Å². The van der Waals surface area contributed by atoms with Crippen molar-refractivity contribution in [1.82, 2.24) is 0 Å². The van der Waals surface area contributed by atoms with E-state index in [2.05, 4.69) is 26.8 Å². The summed E-state index contributed by atoms with van der Waals surface area (Å²) in [6, 6.07) is 0. The molecular formula is C42H64O16. The standard InChI is InChI=1S/C42H64O16/c1-37(36(53)54)15-20-19-7-8-23-39(3)11-10-25(40(4,18-44)22(39)9-12-42(23,6)41(19,5)14-13-38(20,2)24(45)16-37)56-35-32(29(49)28(48)31(57-35)33(51)52)58-34-30(50)27(47)26(46)21(17-43)55-34/h7,20-23,25-32,34-35,43-44,46-50H,8-18H2,1-6H3,(H,51,52)(H,53,54)/t20-,21+,22+,23+,25-,26+,27-,28-,29-,30+,31-,32+,34-,35+,37-,38+,39-,40+,41+,42+/m0/s1. The highest BCUT2D eigenvalue weighted by Gasteiger charge is 2.70. The van der Waals surface area contributed by atoms with E-state index < -0.39 is 102 Å². The zero-order chi connectivity index (χ0) is 42.7. The van der Waals surface area contributed by atoms with Crippen LogP contribution in [0.4, 0.5) is 0 Å². The normalized spacial score (nSPS) is 54.3. The maximum Gasteiger partial charge on any atom is 0.335 e. The molecule has 2 saturated heterocycles. The maximum absolute atomic E-state index is 13.8. The molecule has 0 aromatic heterocycles. The average Bonchev–Trinajstić information content (AvgIpc) is 3.16. The Morgan fingerprint density at radius 2 is 1.48 bits per heavy atom. The quantitative estimate of drug-likeness (QED) is 0.123. The summed E-state index contributed by atoms with van der Waals surface area (Å²) in [5.74, 6) is -2.64. The molecule has 58 heavy (non-hydrogen) atoms. The number of carboxylic acids is 2. The molecule has 0 aromatic carbocycles. The number of hydrogen-bond acceptors (Lipinski definition) is 14. The number of fused-ring (bicyclic) bond motifs is 7. The average molecular weight is 825 g/mol. The lowest BCUT2D eigenvalue weighted by atomic mass is 9.33. The highest BCUT2D eigenvalue weighted by molar-refractivity contribution is 5.92. The van der Waals surface area contributed by atoms with Crippen LogP contribution in [-0.4, -0.2) is 144 Å². The molecule has 0 radical (unpaired) electrons. The molecule has 20 atom stereocenters. The third kappa shape index (κ3) is 6.21. The van der Waals surface area contributed by atoms with Gasteiger partial charge in [0.05, 0.1) is 24.7 Å². The number of carboxylic acid groups (broad SMARTS) is 2. The Bertz CT molecular complexity index is 1670. The summed E-state index contributed by atoms with van der Waals surface area (Å²) in [5.41, 5.74) is -2.33. The van der Waals surface area contributed by atoms with E-state index in [-0.39, 0.29) is 52.8 Å². The summed E-state index contributed by atoms with van der Waals surface area (Å²) in [4.78, 5) is 38.5. The predicted molar refractivity (Wildman–Crippen MR) is 200 cm³/mol. The van der Waals surface area contributed by atoms with E-state index in [9.17, 15) is 60.3 Å². The smallest absolute Gasteiger partial charge is 0.335 e. The first-order valence-electron chi connectivity index (χ1n) is 20.9. The number of allylic oxidation sites excluding steroid dienone is 2. The first kappa shape index (κ1) is 44.0. The van der Waals surface area contributed by atoms with Crippen molar-refractivity contribution >= 4 is 17.7 Å². The molecule has 0 spiro atoms. The Balaban J connectivity index is 1.18. The van der Waals surface area contributed by atoms with E-state index in [4.69, 9.17) is 18.9 Å². The van der Waals surface area contributed by atoms with Crippen LogP contribution < -0.4 is 0 Å². The number of ether oxygens (including phenoxy) is 4. The number of hydrogen-bond donors (Lipinski definition) is 9. The molecule has 6 fully saturated rings. The van der Waals surface area contributed by atoms with Gasteiger partial charge in [-0.05, 0) is 92.3 Å². The van der Waals surface area contributed by atoms with Crippen molar-refractivity contribution in [2.75, 3.05) is 13.2 Å². The Kier molecular flexibility index (Phi) is 11.2. The van der Waals surface area contributed by atoms with Gasteiger partial charge >= 0.3 is 11.9 Å². The molecule has 16 nitrogen and oxygen atoms in total. The molecule has 5 aliphatic carbocycles. The lowest BCUT2D eigenvalue weighted by molar-refractivity contribution is -0.375. The molecule has 0 bridgehead atoms. The minimum absolute atomic E-state index is 0.0241. The zero-order valence-electron chi connectivity index (χ0n) is 34.3. The predicted octanol–water partition coefficient (Wildman–Crippen LogP) is 1.13. The highest BCUT2D eigenvalue weighted by Crippen LogP contribution is 2.75. The molecule has 2 aliphatic heterocycles. The van der Waals surface area contributed by atoms with Gasteiger partial charge in [0.15, 0.2) is 18.7 Å². The molecule has 0 aromatic rings. The second-order valence-electron chi connectivity index (χ2n) is 20.3. The van der Waals surface area contributed by atoms with Gasteiger partial charge in [-0.25, -0.2) is 4.79 Å². The molecule has 328 valence electrons. The molecule has 16 heteroatoms. The van der Waals surface area contributed by atoms with Gasteiger partial charge in [-0.2, -0.15) is 0 Å². The van der Waals surface area contributed by atoms with Gasteiger partial charge in [0.25, 0.3) is 0 Å². The second-order valence-corrected chi connectivity index (χ2v) is 20.3. The second kappa shape index (κ2) is 14.8. The number of carbonyl (C=O) groups is 3. The summed E-state index contributed by atoms with van der Waals surface area (Å²) in [5, 5.41) is 94.7. The molecule has 7 aliphatic rings. The zero-order valence-corrected chi connectivity index (χ0v) is 34.3. The van der Waals surface area contributed by atoms with Crippen LogP contribution in [0.15, 0.2) is 11.6 Å². The number of aliphatic carboxylic acids is 2. The fourth-order valence-corrected chi connectivity index (χ4v) is 13.5. The van der Waals surface area contributed by atoms with Crippen LogP contribution in [0.5, 0.6) is 0 Å². The van der Waals surface area contributed by atoms with Crippen LogP contribution in [0.2, 0.25) is 0 Å². The van der Waals surface area contributed by atoms with Crippen LogP contribution >= 0.6 is 0 Å². The molecule has 2 heterocycles. The van der Waals surface area contributed by atoms with Gasteiger partial charge in [-0.15, -0.1) is 0 Å². The number of rotatable bonds is 8. The van der Waals surface area contributed by atoms with Gasteiger partial charge in [-0.3, -0.25) is 9.59 Å². The molecule has 4 saturated carbocycles. The third-order valence-corrected chi connectivity index (χ3v) is 17.5. The Labute approximate surface area is 338 Å². The SMILES string of the molecule is C[C@@]1(C(=O)O)CC(=O)[C@]2(C)CC[C@]3(C)C(=CC[C@@H]4[C@@]5(C)CC[C@H](O[C@@H]6O[C@H](C(=O)O)[C@@H](O)[C@H](O)[C@H]6O[C@@H]6O[C@H](CO)[C@@H](O)[C@H](O)[C@H]6O)[C@](C)(CO)[C@@H]5CC[C@]43C)[C@@H]2C1. The minimum Gasteiger partial charge on any atom is -0.481 e. The molecule has 9 N–H and O–H groups in total. The lowest BCUT2D eigenvalue weighted by Gasteiger charge is -2.71. The number of Topliss-reactive ketones (excluding diaryl/α,β-unsaturated/α-hetero) is 1. The van der Waals surface area contributed by atoms with Crippen LogP contribution in [0, 0.1) is 50.2 Å². The van der Waals surface area contributed by atoms with E-state index in [1.54, 1.807) is 6.92 Å². The maximum atomic E-state index is 13.8. The lowest BCUT2D eigenvalue weighted by Crippen LogP contribution is -2.68. The van der Waals surface area contributed by atoms with Crippen molar-refractivity contribution in [2.45, 2.75) is 167 Å². The van der Waals surface area contributed by atoms with Crippen molar-refractivity contribution in [3.63, 3.8) is 0 Å². The van der Waals surface area contributed by atoms with E-state index in [1.165, 1.54) is 5.57 Å². The largest absolute Gasteiger partial charge is 0.481 e. The summed E-state index contributed by atoms with van der Waals surface area (Å²) < 4.78 is 23.7. The Morgan fingerprint density at radius 1 is 0.793 bits per heavy atom. The first-order chi connectivity index (χ1) is 27.0. The molecule has 0 amide bonds. The number of aliphatic hydroxyl groups excluding tert-OH is 7. The Morgan fingerprint density at radius 3 is 2.10 bits per heavy atom. The number of aliphatic hydroxyl groups is 7. The van der Waals surface area contributed by atoms with Gasteiger partial charge in [0.2, 0.25) is 0 Å². The van der Waals surface area contributed by atoms with E-state index in [0.717, 1.165) is 19.3 Å². The van der Waals surface area contributed by atoms with Gasteiger partial charge < -0.3 is 64.9 Å². The Hall–Kier alpha value is -2.09. The summed E-state index contributed by atoms with van der Waals surface area (Å²) in [7, 11) is 0. The number of ketones is 1. The van der Waals surface area contributed by atoms with Crippen molar-refractivity contribution in [3.05, 3.63) is 11.6 Å². The molecule has 0 unspecified atom stereocenters. The fourth-order valence-electron chi connectivity index (χ4n) is 13.5. The van der Waals surface area contributed by atoms with Crippen LogP contribution in [0.3, 0.4) is 0 Å². The van der Waals surface area contributed by atoms with Gasteiger partial charge in [0.1, 0.15) is 48.5 Å². The highest BCUT2D eigenvalue weighted by atomic mass is 16.8. The van der Waals surface area contributed by atoms with Crippen molar-refractivity contribution in [2.24, 2.45) is 50.2 Å². The van der Waals surface area contributed by atoms with E-state index in [1.807, 2.05) is 13.8 Å². The van der Waals surface area contributed by atoms with Gasteiger partial charge in [0, 0.05) is 17.3 Å². The molecule has 7 rings (SSSR count). The first-order valence-corrected chi connectivity index (χ1v) is 20.9. The summed E-state index contributed by atoms with van der Waals surface area (Å²) >= 11 is 0. The minimum atomic E-state index is -2.00. The monoisotopic (exact) mass is 824 g/mol. The number of carbonyl (C=O) groups excluding carboxylic acids is 1. The summed E-state index contributed by atoms with van der Waals surface area (Å²) in [6.45, 7) is 11.5. The van der Waals surface area contributed by atoms with Crippen LogP contribution in [0.25, 0.3) is 0 Å². The van der Waals surface area contributed by atoms with Crippen molar-refractivity contribution in [3.8, 4) is 0 Å².